The number of hydrogen-bond acceptors (Lipinski definition) is 2. The number of para-hydroxylation sites is 2. The van der Waals surface area contributed by atoms with Gasteiger partial charge in [-0.3, -0.25) is 5.43 Å². The van der Waals surface area contributed by atoms with Crippen LogP contribution in [0, 0.1) is 0 Å². The van der Waals surface area contributed by atoms with Gasteiger partial charge in [-0.1, -0.05) is 36.4 Å². The largest absolute Gasteiger partial charge is 0.361 e. The second-order valence-electron chi connectivity index (χ2n) is 4.48. The van der Waals surface area contributed by atoms with Gasteiger partial charge in [0.25, 0.3) is 0 Å². The molecule has 0 aliphatic carbocycles. The summed E-state index contributed by atoms with van der Waals surface area (Å²) < 4.78 is 0. The minimum atomic E-state index is 0.456. The quantitative estimate of drug-likeness (QED) is 0.394. The third-order valence-electron chi connectivity index (χ3n) is 3.02. The van der Waals surface area contributed by atoms with Gasteiger partial charge < -0.3 is 10.3 Å². The molecule has 3 aromatic rings. The van der Waals surface area contributed by atoms with Crippen LogP contribution in [-0.4, -0.2) is 16.3 Å². The van der Waals surface area contributed by atoms with E-state index in [9.17, 15) is 0 Å². The molecule has 0 atom stereocenters. The molecule has 2 aromatic carbocycles. The lowest BCUT2D eigenvalue weighted by Crippen LogP contribution is -2.23. The van der Waals surface area contributed by atoms with Crippen LogP contribution < -0.4 is 10.7 Å². The highest BCUT2D eigenvalue weighted by atomic mass is 32.1. The van der Waals surface area contributed by atoms with E-state index in [1.54, 1.807) is 6.21 Å². The van der Waals surface area contributed by atoms with E-state index < -0.39 is 0 Å². The summed E-state index contributed by atoms with van der Waals surface area (Å²) >= 11 is 5.18. The Hall–Kier alpha value is -2.66. The summed E-state index contributed by atoms with van der Waals surface area (Å²) in [6.07, 6.45) is 3.67. The zero-order valence-electron chi connectivity index (χ0n) is 11.2. The Morgan fingerprint density at radius 1 is 1.05 bits per heavy atom. The van der Waals surface area contributed by atoms with Crippen LogP contribution in [0.2, 0.25) is 0 Å². The molecular formula is C16H14N4S. The molecule has 0 fully saturated rings. The van der Waals surface area contributed by atoms with Gasteiger partial charge in [0.2, 0.25) is 0 Å². The van der Waals surface area contributed by atoms with Gasteiger partial charge in [0, 0.05) is 28.4 Å². The van der Waals surface area contributed by atoms with E-state index in [4.69, 9.17) is 12.2 Å². The molecule has 0 radical (unpaired) electrons. The van der Waals surface area contributed by atoms with Crippen molar-refractivity contribution in [2.45, 2.75) is 0 Å². The Bertz CT molecular complexity index is 777. The van der Waals surface area contributed by atoms with E-state index in [1.807, 2.05) is 60.8 Å². The van der Waals surface area contributed by atoms with Crippen LogP contribution in [0.1, 0.15) is 5.56 Å². The molecule has 3 rings (SSSR count). The van der Waals surface area contributed by atoms with Crippen molar-refractivity contribution in [1.29, 1.82) is 0 Å². The summed E-state index contributed by atoms with van der Waals surface area (Å²) in [5.41, 5.74) is 5.84. The van der Waals surface area contributed by atoms with Crippen molar-refractivity contribution in [1.82, 2.24) is 10.4 Å². The fourth-order valence-corrected chi connectivity index (χ4v) is 2.21. The summed E-state index contributed by atoms with van der Waals surface area (Å²) in [6.45, 7) is 0. The molecule has 0 spiro atoms. The lowest BCUT2D eigenvalue weighted by atomic mass is 10.2. The molecule has 3 N–H and O–H groups in total. The molecule has 4 nitrogen and oxygen atoms in total. The number of rotatable bonds is 3. The van der Waals surface area contributed by atoms with Crippen molar-refractivity contribution in [3.05, 3.63) is 66.4 Å². The van der Waals surface area contributed by atoms with Crippen LogP contribution in [0.25, 0.3) is 10.9 Å². The number of hydrogen-bond donors (Lipinski definition) is 3. The van der Waals surface area contributed by atoms with Crippen LogP contribution in [0.3, 0.4) is 0 Å². The summed E-state index contributed by atoms with van der Waals surface area (Å²) in [4.78, 5) is 3.20. The Labute approximate surface area is 127 Å². The summed E-state index contributed by atoms with van der Waals surface area (Å²) in [6, 6.07) is 17.8. The highest BCUT2D eigenvalue weighted by Gasteiger charge is 1.99. The SMILES string of the molecule is S=C(N/N=C/c1c[nH]c2ccccc12)Nc1ccccc1. The number of anilines is 1. The average molecular weight is 294 g/mol. The molecule has 21 heavy (non-hydrogen) atoms. The first kappa shape index (κ1) is 13.3. The fraction of sp³-hybridized carbons (Fsp3) is 0. The van der Waals surface area contributed by atoms with Crippen LogP contribution in [-0.2, 0) is 0 Å². The molecule has 0 saturated heterocycles. The number of fused-ring (bicyclic) bond motifs is 1. The monoisotopic (exact) mass is 294 g/mol. The zero-order chi connectivity index (χ0) is 14.5. The molecule has 0 bridgehead atoms. The van der Waals surface area contributed by atoms with Crippen LogP contribution in [0.15, 0.2) is 65.9 Å². The minimum absolute atomic E-state index is 0.456. The second-order valence-corrected chi connectivity index (χ2v) is 4.89. The van der Waals surface area contributed by atoms with Crippen molar-refractivity contribution >= 4 is 40.1 Å². The topological polar surface area (TPSA) is 52.2 Å². The first-order valence-electron chi connectivity index (χ1n) is 6.54. The van der Waals surface area contributed by atoms with Crippen LogP contribution >= 0.6 is 12.2 Å². The summed E-state index contributed by atoms with van der Waals surface area (Å²) in [7, 11) is 0. The molecule has 5 heteroatoms. The second kappa shape index (κ2) is 6.19. The summed E-state index contributed by atoms with van der Waals surface area (Å²) in [5, 5.41) is 8.80. The standard InChI is InChI=1S/C16H14N4S/c21-16(19-13-6-2-1-3-7-13)20-18-11-12-10-17-15-9-5-4-8-14(12)15/h1-11,17H,(H2,19,20,21)/b18-11+. The molecule has 0 aliphatic rings. The van der Waals surface area contributed by atoms with E-state index in [2.05, 4.69) is 20.8 Å². The number of H-pyrrole nitrogens is 1. The highest BCUT2D eigenvalue weighted by molar-refractivity contribution is 7.80. The molecule has 0 amide bonds. The van der Waals surface area contributed by atoms with Crippen molar-refractivity contribution in [3.8, 4) is 0 Å². The van der Waals surface area contributed by atoms with Gasteiger partial charge in [-0.2, -0.15) is 5.10 Å². The smallest absolute Gasteiger partial charge is 0.191 e. The minimum Gasteiger partial charge on any atom is -0.361 e. The average Bonchev–Trinajstić information content (AvgIpc) is 2.92. The maximum atomic E-state index is 5.18. The number of nitrogens with one attached hydrogen (secondary N) is 3. The molecule has 1 heterocycles. The van der Waals surface area contributed by atoms with E-state index in [-0.39, 0.29) is 0 Å². The Kier molecular flexibility index (Phi) is 3.93. The lowest BCUT2D eigenvalue weighted by molar-refractivity contribution is 1.05. The summed E-state index contributed by atoms with van der Waals surface area (Å²) in [5.74, 6) is 0. The molecule has 0 aliphatic heterocycles. The first-order valence-corrected chi connectivity index (χ1v) is 6.95. The molecular weight excluding hydrogens is 280 g/mol. The van der Waals surface area contributed by atoms with Crippen LogP contribution in [0.5, 0.6) is 0 Å². The van der Waals surface area contributed by atoms with E-state index in [1.165, 1.54) is 0 Å². The number of aromatic amines is 1. The van der Waals surface area contributed by atoms with Crippen molar-refractivity contribution in [2.75, 3.05) is 5.32 Å². The predicted octanol–water partition coefficient (Wildman–Crippen LogP) is 3.49. The Balaban J connectivity index is 1.63. The number of hydrazone groups is 1. The zero-order valence-corrected chi connectivity index (χ0v) is 12.0. The molecule has 0 saturated carbocycles. The molecule has 0 unspecified atom stereocenters. The number of thiocarbonyl (C=S) groups is 1. The van der Waals surface area contributed by atoms with Gasteiger partial charge in [0.05, 0.1) is 6.21 Å². The number of benzene rings is 2. The third-order valence-corrected chi connectivity index (χ3v) is 3.22. The van der Waals surface area contributed by atoms with Crippen LogP contribution in [0.4, 0.5) is 5.69 Å². The van der Waals surface area contributed by atoms with Crippen molar-refractivity contribution in [3.63, 3.8) is 0 Å². The third kappa shape index (κ3) is 3.27. The molecule has 104 valence electrons. The number of aromatic nitrogens is 1. The normalized spacial score (nSPS) is 10.9. The maximum Gasteiger partial charge on any atom is 0.191 e. The first-order chi connectivity index (χ1) is 10.3. The highest BCUT2D eigenvalue weighted by Crippen LogP contribution is 2.15. The van der Waals surface area contributed by atoms with Gasteiger partial charge >= 0.3 is 0 Å². The van der Waals surface area contributed by atoms with Gasteiger partial charge in [-0.15, -0.1) is 0 Å². The van der Waals surface area contributed by atoms with Gasteiger partial charge in [0.15, 0.2) is 5.11 Å². The van der Waals surface area contributed by atoms with Crippen molar-refractivity contribution < 1.29 is 0 Å². The number of nitrogens with zero attached hydrogens (tertiary/aromatic N) is 1. The van der Waals surface area contributed by atoms with Gasteiger partial charge in [0.1, 0.15) is 0 Å². The lowest BCUT2D eigenvalue weighted by Gasteiger charge is -2.05. The van der Waals surface area contributed by atoms with E-state index in [0.717, 1.165) is 22.2 Å². The Morgan fingerprint density at radius 3 is 2.67 bits per heavy atom. The predicted molar refractivity (Wildman–Crippen MR) is 91.7 cm³/mol. The van der Waals surface area contributed by atoms with Gasteiger partial charge in [-0.05, 0) is 30.4 Å². The van der Waals surface area contributed by atoms with Gasteiger partial charge in [-0.25, -0.2) is 0 Å². The van der Waals surface area contributed by atoms with E-state index in [0.29, 0.717) is 5.11 Å². The van der Waals surface area contributed by atoms with Crippen molar-refractivity contribution in [2.24, 2.45) is 5.10 Å². The Morgan fingerprint density at radius 2 is 1.81 bits per heavy atom. The van der Waals surface area contributed by atoms with E-state index >= 15 is 0 Å². The molecule has 1 aromatic heterocycles. The fourth-order valence-electron chi connectivity index (χ4n) is 2.04. The maximum absolute atomic E-state index is 5.18.